The number of rotatable bonds is 9. The number of hydrogen-bond donors (Lipinski definition) is 3. The number of amides is 1. The molecule has 1 aromatic heterocycles. The van der Waals surface area contributed by atoms with Gasteiger partial charge in [-0.1, -0.05) is 0 Å². The molecule has 1 aromatic rings. The van der Waals surface area contributed by atoms with Gasteiger partial charge in [0.05, 0.1) is 17.1 Å². The molecule has 1 rings (SSSR count). The first-order chi connectivity index (χ1) is 9.56. The molecule has 0 unspecified atom stereocenters. The second-order valence-electron chi connectivity index (χ2n) is 3.88. The highest BCUT2D eigenvalue weighted by atomic mass is 16.6. The Kier molecular flexibility index (Phi) is 6.33. The number of hydrogen-bond acceptors (Lipinski definition) is 7. The summed E-state index contributed by atoms with van der Waals surface area (Å²) in [5, 5.41) is 16.6. The zero-order chi connectivity index (χ0) is 15.0. The highest BCUT2D eigenvalue weighted by Crippen LogP contribution is 2.18. The number of anilines is 1. The van der Waals surface area contributed by atoms with Crippen LogP contribution in [0.1, 0.15) is 10.4 Å². The lowest BCUT2D eigenvalue weighted by atomic mass is 10.2. The molecule has 0 spiro atoms. The quantitative estimate of drug-likeness (QED) is 0.323. The minimum atomic E-state index is -0.768. The summed E-state index contributed by atoms with van der Waals surface area (Å²) in [6, 6.07) is 1.11. The van der Waals surface area contributed by atoms with Gasteiger partial charge >= 0.3 is 0 Å². The standard InChI is InChI=1S/C11H17N5O4/c1-20-5-4-13-2-3-14-11-9(10(12)17)6-8(7-15-11)16(18)19/h6-7,13H,2-5H2,1H3,(H2,12,17)(H,14,15). The number of pyridine rings is 1. The number of carbonyl (C=O) groups is 1. The number of methoxy groups -OCH3 is 1. The largest absolute Gasteiger partial charge is 0.383 e. The summed E-state index contributed by atoms with van der Waals surface area (Å²) in [6.07, 6.45) is 1.08. The predicted molar refractivity (Wildman–Crippen MR) is 72.6 cm³/mol. The van der Waals surface area contributed by atoms with Crippen LogP contribution in [0.15, 0.2) is 12.3 Å². The summed E-state index contributed by atoms with van der Waals surface area (Å²) in [7, 11) is 1.61. The van der Waals surface area contributed by atoms with Gasteiger partial charge in [-0.2, -0.15) is 0 Å². The van der Waals surface area contributed by atoms with E-state index in [9.17, 15) is 14.9 Å². The van der Waals surface area contributed by atoms with Crippen LogP contribution >= 0.6 is 0 Å². The molecule has 0 saturated carbocycles. The molecule has 0 aliphatic rings. The van der Waals surface area contributed by atoms with E-state index in [1.165, 1.54) is 0 Å². The van der Waals surface area contributed by atoms with Crippen LogP contribution in [-0.4, -0.2) is 49.2 Å². The Morgan fingerprint density at radius 2 is 2.25 bits per heavy atom. The van der Waals surface area contributed by atoms with Gasteiger partial charge in [0.1, 0.15) is 12.0 Å². The molecule has 110 valence electrons. The smallest absolute Gasteiger partial charge is 0.288 e. The number of ether oxygens (including phenoxy) is 1. The number of carbonyl (C=O) groups excluding carboxylic acids is 1. The fourth-order valence-corrected chi connectivity index (χ4v) is 1.45. The Hall–Kier alpha value is -2.26. The molecule has 0 atom stereocenters. The number of aromatic nitrogens is 1. The lowest BCUT2D eigenvalue weighted by molar-refractivity contribution is -0.385. The van der Waals surface area contributed by atoms with Crippen LogP contribution in [0.5, 0.6) is 0 Å². The van der Waals surface area contributed by atoms with Gasteiger partial charge < -0.3 is 21.1 Å². The van der Waals surface area contributed by atoms with E-state index >= 15 is 0 Å². The van der Waals surface area contributed by atoms with E-state index in [0.29, 0.717) is 26.2 Å². The topological polar surface area (TPSA) is 132 Å². The zero-order valence-electron chi connectivity index (χ0n) is 11.1. The van der Waals surface area contributed by atoms with E-state index in [1.807, 2.05) is 0 Å². The summed E-state index contributed by atoms with van der Waals surface area (Å²) in [6.45, 7) is 2.42. The van der Waals surface area contributed by atoms with Gasteiger partial charge in [0.2, 0.25) is 0 Å². The molecule has 4 N–H and O–H groups in total. The first kappa shape index (κ1) is 15.8. The normalized spacial score (nSPS) is 10.2. The van der Waals surface area contributed by atoms with E-state index < -0.39 is 10.8 Å². The van der Waals surface area contributed by atoms with Crippen molar-refractivity contribution in [2.75, 3.05) is 38.7 Å². The second-order valence-corrected chi connectivity index (χ2v) is 3.88. The molecule has 0 saturated heterocycles. The summed E-state index contributed by atoms with van der Waals surface area (Å²) in [5.74, 6) is -0.535. The maximum absolute atomic E-state index is 11.3. The number of nitrogens with two attached hydrogens (primary N) is 1. The molecule has 0 aliphatic heterocycles. The monoisotopic (exact) mass is 283 g/mol. The maximum Gasteiger partial charge on any atom is 0.288 e. The van der Waals surface area contributed by atoms with Crippen LogP contribution in [0, 0.1) is 10.1 Å². The van der Waals surface area contributed by atoms with E-state index in [-0.39, 0.29) is 17.1 Å². The summed E-state index contributed by atoms with van der Waals surface area (Å²) in [4.78, 5) is 25.1. The Labute approximate surface area is 115 Å². The van der Waals surface area contributed by atoms with Crippen molar-refractivity contribution in [3.63, 3.8) is 0 Å². The fraction of sp³-hybridized carbons (Fsp3) is 0.455. The van der Waals surface area contributed by atoms with E-state index in [4.69, 9.17) is 10.5 Å². The van der Waals surface area contributed by atoms with Gasteiger partial charge in [-0.05, 0) is 0 Å². The first-order valence-electron chi connectivity index (χ1n) is 5.94. The summed E-state index contributed by atoms with van der Waals surface area (Å²) in [5.41, 5.74) is 4.90. The molecule has 0 aromatic carbocycles. The van der Waals surface area contributed by atoms with E-state index in [2.05, 4.69) is 15.6 Å². The van der Waals surface area contributed by atoms with Crippen molar-refractivity contribution in [3.05, 3.63) is 27.9 Å². The molecule has 0 aliphatic carbocycles. The van der Waals surface area contributed by atoms with Crippen LogP contribution in [0.3, 0.4) is 0 Å². The van der Waals surface area contributed by atoms with Crippen molar-refractivity contribution in [1.82, 2.24) is 10.3 Å². The number of nitro groups is 1. The second kappa shape index (κ2) is 8.02. The molecular formula is C11H17N5O4. The molecule has 20 heavy (non-hydrogen) atoms. The van der Waals surface area contributed by atoms with E-state index in [0.717, 1.165) is 12.3 Å². The van der Waals surface area contributed by atoms with Crippen molar-refractivity contribution < 1.29 is 14.5 Å². The van der Waals surface area contributed by atoms with Crippen LogP contribution in [0.25, 0.3) is 0 Å². The average Bonchev–Trinajstić information content (AvgIpc) is 2.42. The third kappa shape index (κ3) is 4.78. The van der Waals surface area contributed by atoms with Gasteiger partial charge in [-0.3, -0.25) is 14.9 Å². The molecule has 0 bridgehead atoms. The Morgan fingerprint density at radius 3 is 2.85 bits per heavy atom. The van der Waals surface area contributed by atoms with Crippen molar-refractivity contribution in [3.8, 4) is 0 Å². The molecule has 1 amide bonds. The lowest BCUT2D eigenvalue weighted by Gasteiger charge is -2.09. The summed E-state index contributed by atoms with van der Waals surface area (Å²) >= 11 is 0. The highest BCUT2D eigenvalue weighted by Gasteiger charge is 2.15. The van der Waals surface area contributed by atoms with Gasteiger partial charge in [-0.15, -0.1) is 0 Å². The van der Waals surface area contributed by atoms with E-state index in [1.54, 1.807) is 7.11 Å². The van der Waals surface area contributed by atoms with Crippen molar-refractivity contribution in [2.24, 2.45) is 5.73 Å². The minimum absolute atomic E-state index is 0.00362. The third-order valence-corrected chi connectivity index (χ3v) is 2.43. The van der Waals surface area contributed by atoms with Gasteiger partial charge in [0, 0.05) is 32.8 Å². The van der Waals surface area contributed by atoms with Gasteiger partial charge in [0.15, 0.2) is 0 Å². The van der Waals surface area contributed by atoms with Crippen molar-refractivity contribution >= 4 is 17.4 Å². The molecule has 9 nitrogen and oxygen atoms in total. The van der Waals surface area contributed by atoms with Crippen molar-refractivity contribution in [1.29, 1.82) is 0 Å². The average molecular weight is 283 g/mol. The van der Waals surface area contributed by atoms with Gasteiger partial charge in [0.25, 0.3) is 11.6 Å². The number of nitrogens with zero attached hydrogens (tertiary/aromatic N) is 2. The predicted octanol–water partition coefficient (Wildman–Crippen LogP) is -0.263. The van der Waals surface area contributed by atoms with Gasteiger partial charge in [-0.25, -0.2) is 4.98 Å². The minimum Gasteiger partial charge on any atom is -0.383 e. The van der Waals surface area contributed by atoms with Crippen LogP contribution < -0.4 is 16.4 Å². The molecule has 1 heterocycles. The molecule has 9 heteroatoms. The Morgan fingerprint density at radius 1 is 1.50 bits per heavy atom. The maximum atomic E-state index is 11.3. The number of primary amides is 1. The highest BCUT2D eigenvalue weighted by molar-refractivity contribution is 5.98. The molecule has 0 fully saturated rings. The van der Waals surface area contributed by atoms with Crippen LogP contribution in [0.2, 0.25) is 0 Å². The number of nitrogens with one attached hydrogen (secondary N) is 2. The Balaban J connectivity index is 2.60. The van der Waals surface area contributed by atoms with Crippen LogP contribution in [0.4, 0.5) is 11.5 Å². The SMILES string of the molecule is COCCNCCNc1ncc([N+](=O)[O-])cc1C(N)=O. The van der Waals surface area contributed by atoms with Crippen molar-refractivity contribution in [2.45, 2.75) is 0 Å². The fourth-order valence-electron chi connectivity index (χ4n) is 1.45. The lowest BCUT2D eigenvalue weighted by Crippen LogP contribution is -2.26. The first-order valence-corrected chi connectivity index (χ1v) is 5.94. The van der Waals surface area contributed by atoms with Crippen LogP contribution in [-0.2, 0) is 4.74 Å². The molecule has 0 radical (unpaired) electrons. The summed E-state index contributed by atoms with van der Waals surface area (Å²) < 4.78 is 4.87. The third-order valence-electron chi connectivity index (χ3n) is 2.43. The Bertz CT molecular complexity index is 480. The molecular weight excluding hydrogens is 266 g/mol. The zero-order valence-corrected chi connectivity index (χ0v) is 11.1.